The van der Waals surface area contributed by atoms with Crippen molar-refractivity contribution >= 4 is 11.6 Å². The van der Waals surface area contributed by atoms with E-state index in [0.29, 0.717) is 11.7 Å². The molecule has 2 saturated heterocycles. The summed E-state index contributed by atoms with van der Waals surface area (Å²) >= 11 is 0. The highest BCUT2D eigenvalue weighted by molar-refractivity contribution is 5.51. The Labute approximate surface area is 147 Å². The Kier molecular flexibility index (Phi) is 4.52. The highest BCUT2D eigenvalue weighted by Gasteiger charge is 2.22. The molecule has 0 bridgehead atoms. The van der Waals surface area contributed by atoms with E-state index < -0.39 is 0 Å². The third-order valence-electron chi connectivity index (χ3n) is 4.87. The number of hydrogen-bond donors (Lipinski definition) is 0. The number of anilines is 2. The minimum Gasteiger partial charge on any atom is -0.356 e. The van der Waals surface area contributed by atoms with Gasteiger partial charge in [-0.1, -0.05) is 5.16 Å². The maximum absolute atomic E-state index is 5.22. The van der Waals surface area contributed by atoms with Crippen molar-refractivity contribution in [3.63, 3.8) is 0 Å². The van der Waals surface area contributed by atoms with Gasteiger partial charge in [0.1, 0.15) is 17.5 Å². The average molecular weight is 343 g/mol. The molecule has 2 aromatic heterocycles. The van der Waals surface area contributed by atoms with Crippen LogP contribution >= 0.6 is 0 Å². The zero-order valence-electron chi connectivity index (χ0n) is 15.0. The van der Waals surface area contributed by atoms with E-state index in [1.165, 1.54) is 12.8 Å². The summed E-state index contributed by atoms with van der Waals surface area (Å²) in [6.45, 7) is 10.6. The first kappa shape index (κ1) is 16.3. The number of aryl methyl sites for hydroxylation is 2. The minimum absolute atomic E-state index is 0.694. The van der Waals surface area contributed by atoms with Crippen molar-refractivity contribution in [2.45, 2.75) is 33.2 Å². The summed E-state index contributed by atoms with van der Waals surface area (Å²) in [4.78, 5) is 20.7. The maximum Gasteiger partial charge on any atom is 0.240 e. The van der Waals surface area contributed by atoms with Crippen LogP contribution in [0.2, 0.25) is 0 Å². The van der Waals surface area contributed by atoms with Crippen molar-refractivity contribution in [1.82, 2.24) is 25.0 Å². The molecular weight excluding hydrogens is 318 g/mol. The lowest BCUT2D eigenvalue weighted by Crippen LogP contribution is -2.46. The van der Waals surface area contributed by atoms with Gasteiger partial charge in [0, 0.05) is 45.3 Å². The lowest BCUT2D eigenvalue weighted by Gasteiger charge is -2.35. The van der Waals surface area contributed by atoms with Gasteiger partial charge in [-0.25, -0.2) is 9.97 Å². The predicted octanol–water partition coefficient (Wildman–Crippen LogP) is 1.40. The molecule has 2 aliphatic heterocycles. The molecule has 4 rings (SSSR count). The largest absolute Gasteiger partial charge is 0.356 e. The van der Waals surface area contributed by atoms with Crippen LogP contribution in [0.15, 0.2) is 10.6 Å². The van der Waals surface area contributed by atoms with Crippen molar-refractivity contribution in [2.75, 3.05) is 49.1 Å². The van der Waals surface area contributed by atoms with E-state index in [1.807, 2.05) is 13.8 Å². The molecule has 8 nitrogen and oxygen atoms in total. The molecule has 0 atom stereocenters. The van der Waals surface area contributed by atoms with Crippen molar-refractivity contribution in [3.05, 3.63) is 23.6 Å². The first-order valence-electron chi connectivity index (χ1n) is 9.04. The van der Waals surface area contributed by atoms with Crippen LogP contribution in [0.25, 0.3) is 0 Å². The number of rotatable bonds is 4. The SMILES string of the molecule is Cc1nc(N2CCCC2)cc(N2CCN(Cc3nc(C)no3)CC2)n1. The molecule has 2 fully saturated rings. The molecule has 134 valence electrons. The van der Waals surface area contributed by atoms with Crippen LogP contribution in [0.5, 0.6) is 0 Å². The molecule has 8 heteroatoms. The molecule has 25 heavy (non-hydrogen) atoms. The van der Waals surface area contributed by atoms with Crippen LogP contribution in [0, 0.1) is 13.8 Å². The monoisotopic (exact) mass is 343 g/mol. The standard InChI is InChI=1S/C17H25N7O/c1-13-18-15(23-5-3-4-6-23)11-16(19-13)24-9-7-22(8-10-24)12-17-20-14(2)21-25-17/h11H,3-10,12H2,1-2H3. The summed E-state index contributed by atoms with van der Waals surface area (Å²) in [7, 11) is 0. The Bertz CT molecular complexity index is 718. The van der Waals surface area contributed by atoms with Gasteiger partial charge >= 0.3 is 0 Å². The van der Waals surface area contributed by atoms with E-state index in [2.05, 4.69) is 40.9 Å². The summed E-state index contributed by atoms with van der Waals surface area (Å²) in [5.74, 6) is 4.36. The van der Waals surface area contributed by atoms with Crippen molar-refractivity contribution in [2.24, 2.45) is 0 Å². The van der Waals surface area contributed by atoms with E-state index in [1.54, 1.807) is 0 Å². The molecule has 0 saturated carbocycles. The smallest absolute Gasteiger partial charge is 0.240 e. The molecule has 4 heterocycles. The van der Waals surface area contributed by atoms with Gasteiger partial charge in [-0.05, 0) is 26.7 Å². The molecule has 0 amide bonds. The van der Waals surface area contributed by atoms with E-state index in [4.69, 9.17) is 4.52 Å². The highest BCUT2D eigenvalue weighted by atomic mass is 16.5. The van der Waals surface area contributed by atoms with Gasteiger partial charge in [0.15, 0.2) is 5.82 Å². The van der Waals surface area contributed by atoms with E-state index in [-0.39, 0.29) is 0 Å². The van der Waals surface area contributed by atoms with Crippen LogP contribution in [0.3, 0.4) is 0 Å². The van der Waals surface area contributed by atoms with Crippen molar-refractivity contribution in [1.29, 1.82) is 0 Å². The normalized spacial score (nSPS) is 19.0. The second kappa shape index (κ2) is 6.95. The zero-order valence-corrected chi connectivity index (χ0v) is 15.0. The molecule has 0 aliphatic carbocycles. The summed E-state index contributed by atoms with van der Waals surface area (Å²) < 4.78 is 5.22. The number of hydrogen-bond acceptors (Lipinski definition) is 8. The van der Waals surface area contributed by atoms with E-state index in [0.717, 1.165) is 63.3 Å². The fourth-order valence-electron chi connectivity index (χ4n) is 3.54. The second-order valence-electron chi connectivity index (χ2n) is 6.82. The van der Waals surface area contributed by atoms with Crippen LogP contribution in [0.4, 0.5) is 11.6 Å². The first-order valence-corrected chi connectivity index (χ1v) is 9.04. The van der Waals surface area contributed by atoms with Gasteiger partial charge in [0.2, 0.25) is 5.89 Å². The Balaban J connectivity index is 1.40. The summed E-state index contributed by atoms with van der Waals surface area (Å²) in [6, 6.07) is 2.15. The van der Waals surface area contributed by atoms with Gasteiger partial charge in [-0.2, -0.15) is 4.98 Å². The third kappa shape index (κ3) is 3.73. The van der Waals surface area contributed by atoms with Crippen LogP contribution in [-0.2, 0) is 6.54 Å². The van der Waals surface area contributed by atoms with E-state index in [9.17, 15) is 0 Å². The Hall–Kier alpha value is -2.22. The maximum atomic E-state index is 5.22. The van der Waals surface area contributed by atoms with Gasteiger partial charge in [-0.3, -0.25) is 4.90 Å². The predicted molar refractivity (Wildman–Crippen MR) is 94.7 cm³/mol. The van der Waals surface area contributed by atoms with Crippen molar-refractivity contribution in [3.8, 4) is 0 Å². The molecule has 0 aromatic carbocycles. The van der Waals surface area contributed by atoms with Gasteiger partial charge in [0.25, 0.3) is 0 Å². The number of nitrogens with zero attached hydrogens (tertiary/aromatic N) is 7. The molecular formula is C17H25N7O. The van der Waals surface area contributed by atoms with Crippen molar-refractivity contribution < 1.29 is 4.52 Å². The molecule has 2 aliphatic rings. The fraction of sp³-hybridized carbons (Fsp3) is 0.647. The minimum atomic E-state index is 0.694. The summed E-state index contributed by atoms with van der Waals surface area (Å²) in [5, 5.41) is 3.86. The molecule has 0 spiro atoms. The van der Waals surface area contributed by atoms with Crippen LogP contribution in [-0.4, -0.2) is 64.3 Å². The topological polar surface area (TPSA) is 74.4 Å². The van der Waals surface area contributed by atoms with Crippen LogP contribution < -0.4 is 9.80 Å². The average Bonchev–Trinajstić information content (AvgIpc) is 3.27. The second-order valence-corrected chi connectivity index (χ2v) is 6.82. The first-order chi connectivity index (χ1) is 12.2. The lowest BCUT2D eigenvalue weighted by molar-refractivity contribution is 0.215. The summed E-state index contributed by atoms with van der Waals surface area (Å²) in [6.07, 6.45) is 2.51. The molecule has 0 radical (unpaired) electrons. The molecule has 2 aromatic rings. The van der Waals surface area contributed by atoms with E-state index >= 15 is 0 Å². The molecule has 0 unspecified atom stereocenters. The Morgan fingerprint density at radius 1 is 0.840 bits per heavy atom. The zero-order chi connectivity index (χ0) is 17.2. The van der Waals surface area contributed by atoms with Gasteiger partial charge in [0.05, 0.1) is 6.54 Å². The molecule has 0 N–H and O–H groups in total. The van der Waals surface area contributed by atoms with Crippen LogP contribution in [0.1, 0.15) is 30.4 Å². The van der Waals surface area contributed by atoms with Gasteiger partial charge in [-0.15, -0.1) is 0 Å². The quantitative estimate of drug-likeness (QED) is 0.825. The number of aromatic nitrogens is 4. The summed E-state index contributed by atoms with van der Waals surface area (Å²) in [5.41, 5.74) is 0. The highest BCUT2D eigenvalue weighted by Crippen LogP contribution is 2.23. The lowest BCUT2D eigenvalue weighted by atomic mass is 10.3. The Morgan fingerprint density at radius 2 is 1.48 bits per heavy atom. The van der Waals surface area contributed by atoms with Gasteiger partial charge < -0.3 is 14.3 Å². The number of piperazine rings is 1. The fourth-order valence-corrected chi connectivity index (χ4v) is 3.54. The Morgan fingerprint density at radius 3 is 2.08 bits per heavy atom. The third-order valence-corrected chi connectivity index (χ3v) is 4.87.